The Morgan fingerprint density at radius 3 is 2.49 bits per heavy atom. The highest BCUT2D eigenvalue weighted by Crippen LogP contribution is 2.37. The number of benzene rings is 1. The van der Waals surface area contributed by atoms with Crippen LogP contribution in [0.1, 0.15) is 11.1 Å². The lowest BCUT2D eigenvalue weighted by molar-refractivity contribution is -0.287. The molecule has 1 aliphatic heterocycles. The van der Waals surface area contributed by atoms with Crippen LogP contribution in [0.4, 0.5) is 27.6 Å². The number of halogens is 5. The fraction of sp³-hybridized carbons (Fsp3) is 0.320. The minimum absolute atomic E-state index is 0.302. The molecule has 0 saturated carbocycles. The quantitative estimate of drug-likeness (QED) is 0.346. The van der Waals surface area contributed by atoms with E-state index in [2.05, 4.69) is 20.3 Å². The molecule has 3 heterocycles. The SMILES string of the molecule is O=C(/C=C/c1cnccc1-c1cnn(CC(F)(F)C(F)(F)F)c1)Nc1ccc(CN2CCOCC2)cc1. The number of rotatable bonds is 8. The normalized spacial score (nSPS) is 15.3. The fourth-order valence-electron chi connectivity index (χ4n) is 3.74. The smallest absolute Gasteiger partial charge is 0.379 e. The fourth-order valence-corrected chi connectivity index (χ4v) is 3.74. The van der Waals surface area contributed by atoms with E-state index in [1.807, 2.05) is 24.3 Å². The number of carbonyl (C=O) groups is 1. The summed E-state index contributed by atoms with van der Waals surface area (Å²) < 4.78 is 70.1. The number of pyridine rings is 1. The van der Waals surface area contributed by atoms with Gasteiger partial charge in [-0.2, -0.15) is 27.1 Å². The van der Waals surface area contributed by atoms with Gasteiger partial charge in [-0.1, -0.05) is 12.1 Å². The van der Waals surface area contributed by atoms with Crippen molar-refractivity contribution in [2.24, 2.45) is 0 Å². The molecule has 1 aromatic carbocycles. The molecule has 4 rings (SSSR count). The standard InChI is InChI=1S/C25H24F5N5O2/c26-24(27,25(28,29)30)17-35-16-20(14-32-35)22-7-8-31-13-19(22)3-6-23(36)33-21-4-1-18(2-5-21)15-34-9-11-37-12-10-34/h1-8,13-14,16H,9-12,15,17H2,(H,33,36)/b6-3+. The number of ether oxygens (including phenoxy) is 1. The summed E-state index contributed by atoms with van der Waals surface area (Å²) in [6.07, 6.45) is 2.23. The number of aromatic nitrogens is 3. The zero-order valence-corrected chi connectivity index (χ0v) is 19.6. The third kappa shape index (κ3) is 6.98. The molecule has 7 nitrogen and oxygen atoms in total. The summed E-state index contributed by atoms with van der Waals surface area (Å²) in [5.41, 5.74) is 2.95. The van der Waals surface area contributed by atoms with E-state index in [1.54, 1.807) is 6.07 Å². The van der Waals surface area contributed by atoms with Gasteiger partial charge in [0.1, 0.15) is 6.54 Å². The van der Waals surface area contributed by atoms with Crippen LogP contribution in [0, 0.1) is 0 Å². The Morgan fingerprint density at radius 2 is 1.78 bits per heavy atom. The second-order valence-corrected chi connectivity index (χ2v) is 8.50. The number of morpholine rings is 1. The van der Waals surface area contributed by atoms with Crippen LogP contribution in [0.15, 0.2) is 61.2 Å². The van der Waals surface area contributed by atoms with Crippen molar-refractivity contribution in [3.63, 3.8) is 0 Å². The molecule has 0 unspecified atom stereocenters. The van der Waals surface area contributed by atoms with E-state index in [0.29, 0.717) is 27.1 Å². The van der Waals surface area contributed by atoms with Gasteiger partial charge in [-0.05, 0) is 35.4 Å². The Morgan fingerprint density at radius 1 is 1.05 bits per heavy atom. The van der Waals surface area contributed by atoms with Crippen LogP contribution < -0.4 is 5.32 Å². The predicted molar refractivity (Wildman–Crippen MR) is 127 cm³/mol. The van der Waals surface area contributed by atoms with Crippen molar-refractivity contribution >= 4 is 17.7 Å². The van der Waals surface area contributed by atoms with Crippen molar-refractivity contribution < 1.29 is 31.5 Å². The van der Waals surface area contributed by atoms with Gasteiger partial charge in [-0.3, -0.25) is 19.4 Å². The van der Waals surface area contributed by atoms with Crippen LogP contribution in [0.3, 0.4) is 0 Å². The van der Waals surface area contributed by atoms with Gasteiger partial charge in [0.15, 0.2) is 0 Å². The Bertz CT molecular complexity index is 1230. The van der Waals surface area contributed by atoms with E-state index in [4.69, 9.17) is 4.74 Å². The van der Waals surface area contributed by atoms with Gasteiger partial charge in [0.25, 0.3) is 0 Å². The molecule has 2 aromatic heterocycles. The first kappa shape index (κ1) is 26.4. The maximum Gasteiger partial charge on any atom is 0.455 e. The lowest BCUT2D eigenvalue weighted by Gasteiger charge is -2.26. The van der Waals surface area contributed by atoms with Gasteiger partial charge in [-0.15, -0.1) is 0 Å². The van der Waals surface area contributed by atoms with Crippen molar-refractivity contribution in [3.05, 3.63) is 72.3 Å². The van der Waals surface area contributed by atoms with Crippen LogP contribution in [0.25, 0.3) is 17.2 Å². The number of anilines is 1. The van der Waals surface area contributed by atoms with Crippen LogP contribution in [-0.4, -0.2) is 64.0 Å². The molecule has 0 bridgehead atoms. The van der Waals surface area contributed by atoms with Gasteiger partial charge < -0.3 is 10.1 Å². The molecule has 1 N–H and O–H groups in total. The molecule has 0 spiro atoms. The molecule has 3 aromatic rings. The van der Waals surface area contributed by atoms with Crippen molar-refractivity contribution in [2.75, 3.05) is 31.6 Å². The molecule has 1 amide bonds. The van der Waals surface area contributed by atoms with Gasteiger partial charge in [0.05, 0.1) is 19.4 Å². The number of nitrogens with zero attached hydrogens (tertiary/aromatic N) is 4. The van der Waals surface area contributed by atoms with E-state index in [-0.39, 0.29) is 0 Å². The maximum atomic E-state index is 13.4. The minimum atomic E-state index is -5.68. The van der Waals surface area contributed by atoms with Gasteiger partial charge in [0, 0.05) is 61.1 Å². The number of hydrogen-bond acceptors (Lipinski definition) is 5. The Kier molecular flexibility index (Phi) is 7.98. The van der Waals surface area contributed by atoms with Crippen LogP contribution in [-0.2, 0) is 22.6 Å². The lowest BCUT2D eigenvalue weighted by Crippen LogP contribution is -2.40. The first-order valence-corrected chi connectivity index (χ1v) is 11.4. The largest absolute Gasteiger partial charge is 0.455 e. The molecule has 196 valence electrons. The summed E-state index contributed by atoms with van der Waals surface area (Å²) >= 11 is 0. The summed E-state index contributed by atoms with van der Waals surface area (Å²) in [6, 6.07) is 9.04. The van der Waals surface area contributed by atoms with Gasteiger partial charge in [0.2, 0.25) is 5.91 Å². The summed E-state index contributed by atoms with van der Waals surface area (Å²) in [5, 5.41) is 6.39. The van der Waals surface area contributed by atoms with Crippen molar-refractivity contribution in [2.45, 2.75) is 25.2 Å². The monoisotopic (exact) mass is 521 g/mol. The molecule has 1 saturated heterocycles. The molecular weight excluding hydrogens is 497 g/mol. The van der Waals surface area contributed by atoms with Crippen LogP contribution >= 0.6 is 0 Å². The second kappa shape index (κ2) is 11.2. The van der Waals surface area contributed by atoms with Crippen molar-refractivity contribution in [3.8, 4) is 11.1 Å². The Labute approximate surface area is 209 Å². The highest BCUT2D eigenvalue weighted by molar-refractivity contribution is 6.02. The van der Waals surface area contributed by atoms with E-state index >= 15 is 0 Å². The van der Waals surface area contributed by atoms with Gasteiger partial charge >= 0.3 is 12.1 Å². The molecular formula is C25H24F5N5O2. The molecule has 12 heteroatoms. The summed E-state index contributed by atoms with van der Waals surface area (Å²) in [5.74, 6) is -5.33. The average Bonchev–Trinajstić information content (AvgIpc) is 3.32. The van der Waals surface area contributed by atoms with Gasteiger partial charge in [-0.25, -0.2) is 0 Å². The molecule has 0 radical (unpaired) electrons. The zero-order chi connectivity index (χ0) is 26.5. The summed E-state index contributed by atoms with van der Waals surface area (Å²) in [6.45, 7) is 2.35. The predicted octanol–water partition coefficient (Wildman–Crippen LogP) is 4.63. The zero-order valence-electron chi connectivity index (χ0n) is 19.6. The van der Waals surface area contributed by atoms with Crippen molar-refractivity contribution in [1.29, 1.82) is 0 Å². The van der Waals surface area contributed by atoms with E-state index in [1.165, 1.54) is 30.7 Å². The van der Waals surface area contributed by atoms with Crippen LogP contribution in [0.2, 0.25) is 0 Å². The molecule has 0 aliphatic carbocycles. The average molecular weight is 521 g/mol. The highest BCUT2D eigenvalue weighted by Gasteiger charge is 2.57. The second-order valence-electron chi connectivity index (χ2n) is 8.50. The first-order chi connectivity index (χ1) is 17.6. The Balaban J connectivity index is 1.39. The topological polar surface area (TPSA) is 72.3 Å². The Hall–Kier alpha value is -3.64. The molecule has 1 fully saturated rings. The first-order valence-electron chi connectivity index (χ1n) is 11.4. The number of nitrogens with one attached hydrogen (secondary N) is 1. The summed E-state index contributed by atoms with van der Waals surface area (Å²) in [7, 11) is 0. The number of hydrogen-bond donors (Lipinski definition) is 1. The van der Waals surface area contributed by atoms with E-state index in [0.717, 1.165) is 44.6 Å². The third-order valence-electron chi connectivity index (χ3n) is 5.72. The lowest BCUT2D eigenvalue weighted by atomic mass is 10.0. The molecule has 37 heavy (non-hydrogen) atoms. The number of alkyl halides is 5. The van der Waals surface area contributed by atoms with Crippen LogP contribution in [0.5, 0.6) is 0 Å². The van der Waals surface area contributed by atoms with E-state index < -0.39 is 24.6 Å². The third-order valence-corrected chi connectivity index (χ3v) is 5.72. The maximum absolute atomic E-state index is 13.4. The van der Waals surface area contributed by atoms with E-state index in [9.17, 15) is 26.7 Å². The minimum Gasteiger partial charge on any atom is -0.379 e. The number of amides is 1. The number of carbonyl (C=O) groups excluding carboxylic acids is 1. The highest BCUT2D eigenvalue weighted by atomic mass is 19.4. The summed E-state index contributed by atoms with van der Waals surface area (Å²) in [4.78, 5) is 18.7. The molecule has 1 aliphatic rings. The molecule has 0 atom stereocenters. The van der Waals surface area contributed by atoms with Crippen molar-refractivity contribution in [1.82, 2.24) is 19.7 Å².